The van der Waals surface area contributed by atoms with Crippen LogP contribution in [0.4, 0.5) is 0 Å². The van der Waals surface area contributed by atoms with Gasteiger partial charge in [-0.2, -0.15) is 4.31 Å². The summed E-state index contributed by atoms with van der Waals surface area (Å²) in [5, 5.41) is 0.933. The standard InChI is InChI=1S/C17H18ClNO6S3/c1-25-17(20)16-15(7-10-26-16)28(23,24)19-8-6-14(27(21,22)11-9-19)12-4-2-3-5-13(12)18/h2-5,7,10,14H,6,8-9,11H2,1H3. The van der Waals surface area contributed by atoms with Gasteiger partial charge in [-0.25, -0.2) is 21.6 Å². The molecule has 0 bridgehead atoms. The fraction of sp³-hybridized carbons (Fsp3) is 0.353. The number of rotatable bonds is 4. The molecule has 0 aliphatic carbocycles. The zero-order chi connectivity index (χ0) is 20.5. The molecule has 1 unspecified atom stereocenters. The van der Waals surface area contributed by atoms with Gasteiger partial charge in [0.15, 0.2) is 9.84 Å². The van der Waals surface area contributed by atoms with Crippen LogP contribution in [0, 0.1) is 0 Å². The zero-order valence-corrected chi connectivity index (χ0v) is 18.1. The van der Waals surface area contributed by atoms with Crippen molar-refractivity contribution in [1.82, 2.24) is 4.31 Å². The number of sulfone groups is 1. The van der Waals surface area contributed by atoms with Crippen molar-refractivity contribution in [2.24, 2.45) is 0 Å². The minimum atomic E-state index is -4.05. The average molecular weight is 464 g/mol. The Balaban J connectivity index is 1.94. The van der Waals surface area contributed by atoms with Crippen LogP contribution in [0.25, 0.3) is 0 Å². The largest absolute Gasteiger partial charge is 0.465 e. The van der Waals surface area contributed by atoms with E-state index in [9.17, 15) is 21.6 Å². The maximum atomic E-state index is 13.1. The minimum absolute atomic E-state index is 0.00604. The summed E-state index contributed by atoms with van der Waals surface area (Å²) < 4.78 is 57.4. The smallest absolute Gasteiger partial charge is 0.349 e. The Morgan fingerprint density at radius 2 is 1.96 bits per heavy atom. The van der Waals surface area contributed by atoms with Crippen molar-refractivity contribution in [3.8, 4) is 0 Å². The van der Waals surface area contributed by atoms with E-state index in [2.05, 4.69) is 4.74 Å². The predicted molar refractivity (Wildman–Crippen MR) is 107 cm³/mol. The van der Waals surface area contributed by atoms with Crippen LogP contribution in [0.15, 0.2) is 40.6 Å². The Morgan fingerprint density at radius 1 is 1.25 bits per heavy atom. The van der Waals surface area contributed by atoms with E-state index in [1.54, 1.807) is 24.3 Å². The molecule has 0 spiro atoms. The fourth-order valence-electron chi connectivity index (χ4n) is 3.13. The van der Waals surface area contributed by atoms with E-state index in [1.165, 1.54) is 18.6 Å². The van der Waals surface area contributed by atoms with Crippen LogP contribution < -0.4 is 0 Å². The number of carbonyl (C=O) groups is 1. The van der Waals surface area contributed by atoms with Crippen molar-refractivity contribution in [2.75, 3.05) is 26.0 Å². The zero-order valence-electron chi connectivity index (χ0n) is 14.9. The van der Waals surface area contributed by atoms with Crippen LogP contribution in [0.2, 0.25) is 5.02 Å². The Hall–Kier alpha value is -1.46. The van der Waals surface area contributed by atoms with Gasteiger partial charge in [-0.05, 0) is 29.5 Å². The maximum Gasteiger partial charge on any atom is 0.349 e. The summed E-state index contributed by atoms with van der Waals surface area (Å²) >= 11 is 7.13. The maximum absolute atomic E-state index is 13.1. The highest BCUT2D eigenvalue weighted by Gasteiger charge is 2.38. The number of halogens is 1. The molecule has 0 N–H and O–H groups in total. The van der Waals surface area contributed by atoms with Gasteiger partial charge in [-0.1, -0.05) is 29.8 Å². The highest BCUT2D eigenvalue weighted by molar-refractivity contribution is 7.92. The Bertz CT molecular complexity index is 1090. The van der Waals surface area contributed by atoms with Crippen LogP contribution in [0.5, 0.6) is 0 Å². The molecule has 7 nitrogen and oxygen atoms in total. The molecule has 152 valence electrons. The third-order valence-corrected chi connectivity index (χ3v) is 9.99. The number of sulfonamides is 1. The van der Waals surface area contributed by atoms with Gasteiger partial charge in [0.1, 0.15) is 9.77 Å². The number of nitrogens with zero attached hydrogens (tertiary/aromatic N) is 1. The molecule has 1 aliphatic rings. The average Bonchev–Trinajstić information content (AvgIpc) is 3.09. The number of thiophene rings is 1. The monoisotopic (exact) mass is 463 g/mol. The number of methoxy groups -OCH3 is 1. The van der Waals surface area contributed by atoms with E-state index in [0.29, 0.717) is 10.6 Å². The van der Waals surface area contributed by atoms with Gasteiger partial charge in [0.05, 0.1) is 18.1 Å². The molecule has 2 heterocycles. The van der Waals surface area contributed by atoms with Gasteiger partial charge in [-0.3, -0.25) is 0 Å². The van der Waals surface area contributed by atoms with Gasteiger partial charge in [0, 0.05) is 18.1 Å². The van der Waals surface area contributed by atoms with E-state index in [1.807, 2.05) is 0 Å². The molecule has 1 fully saturated rings. The topological polar surface area (TPSA) is 97.8 Å². The van der Waals surface area contributed by atoms with Crippen molar-refractivity contribution < 1.29 is 26.4 Å². The van der Waals surface area contributed by atoms with Crippen molar-refractivity contribution in [2.45, 2.75) is 16.6 Å². The molecular formula is C17H18ClNO6S3. The Labute approximate surface area is 172 Å². The summed E-state index contributed by atoms with van der Waals surface area (Å²) in [7, 11) is -6.48. The van der Waals surface area contributed by atoms with Crippen LogP contribution in [-0.4, -0.2) is 53.1 Å². The molecular weight excluding hydrogens is 446 g/mol. The highest BCUT2D eigenvalue weighted by atomic mass is 35.5. The van der Waals surface area contributed by atoms with Crippen molar-refractivity contribution in [3.63, 3.8) is 0 Å². The van der Waals surface area contributed by atoms with E-state index >= 15 is 0 Å². The first kappa shape index (κ1) is 21.3. The normalized spacial score (nSPS) is 20.4. The quantitative estimate of drug-likeness (QED) is 0.646. The molecule has 1 saturated heterocycles. The summed E-state index contributed by atoms with van der Waals surface area (Å²) in [5.74, 6) is -1.08. The molecule has 0 radical (unpaired) electrons. The van der Waals surface area contributed by atoms with Gasteiger partial charge in [0.25, 0.3) is 0 Å². The van der Waals surface area contributed by atoms with Crippen LogP contribution in [0.3, 0.4) is 0 Å². The number of benzene rings is 1. The van der Waals surface area contributed by atoms with E-state index < -0.39 is 31.1 Å². The Kier molecular flexibility index (Phi) is 6.16. The molecule has 1 aromatic heterocycles. The van der Waals surface area contributed by atoms with Crippen molar-refractivity contribution in [3.05, 3.63) is 51.2 Å². The lowest BCUT2D eigenvalue weighted by molar-refractivity contribution is 0.0602. The number of esters is 1. The lowest BCUT2D eigenvalue weighted by Crippen LogP contribution is -2.34. The summed E-state index contributed by atoms with van der Waals surface area (Å²) in [5.41, 5.74) is 0.467. The summed E-state index contributed by atoms with van der Waals surface area (Å²) in [6.07, 6.45) is 0.0724. The third-order valence-electron chi connectivity index (χ3n) is 4.57. The number of ether oxygens (including phenoxy) is 1. The molecule has 0 saturated carbocycles. The second-order valence-electron chi connectivity index (χ2n) is 6.18. The van der Waals surface area contributed by atoms with Crippen LogP contribution >= 0.6 is 22.9 Å². The van der Waals surface area contributed by atoms with Gasteiger partial charge in [0.2, 0.25) is 10.0 Å². The number of hydrogen-bond acceptors (Lipinski definition) is 7. The molecule has 1 atom stereocenters. The van der Waals surface area contributed by atoms with Gasteiger partial charge >= 0.3 is 5.97 Å². The first-order chi connectivity index (χ1) is 13.2. The van der Waals surface area contributed by atoms with Gasteiger partial charge in [-0.15, -0.1) is 11.3 Å². The predicted octanol–water partition coefficient (Wildman–Crippen LogP) is 2.74. The second-order valence-corrected chi connectivity index (χ2v) is 11.7. The molecule has 2 aromatic rings. The summed E-state index contributed by atoms with van der Waals surface area (Å²) in [6.45, 7) is -0.198. The summed E-state index contributed by atoms with van der Waals surface area (Å²) in [6, 6.07) is 7.99. The lowest BCUT2D eigenvalue weighted by Gasteiger charge is -2.19. The molecule has 3 rings (SSSR count). The Morgan fingerprint density at radius 3 is 2.64 bits per heavy atom. The SMILES string of the molecule is COC(=O)c1sccc1S(=O)(=O)N1CCC(c2ccccc2Cl)S(=O)(=O)CC1. The van der Waals surface area contributed by atoms with E-state index in [0.717, 1.165) is 15.6 Å². The molecule has 0 amide bonds. The first-order valence-electron chi connectivity index (χ1n) is 8.30. The van der Waals surface area contributed by atoms with Gasteiger partial charge < -0.3 is 4.74 Å². The number of carbonyl (C=O) groups excluding carboxylic acids is 1. The minimum Gasteiger partial charge on any atom is -0.465 e. The van der Waals surface area contributed by atoms with E-state index in [-0.39, 0.29) is 35.0 Å². The van der Waals surface area contributed by atoms with Crippen molar-refractivity contribution in [1.29, 1.82) is 0 Å². The molecule has 28 heavy (non-hydrogen) atoms. The third kappa shape index (κ3) is 3.97. The molecule has 11 heteroatoms. The fourth-order valence-corrected chi connectivity index (χ4v) is 8.16. The van der Waals surface area contributed by atoms with Crippen LogP contribution in [0.1, 0.15) is 26.9 Å². The van der Waals surface area contributed by atoms with Crippen LogP contribution in [-0.2, 0) is 24.6 Å². The second kappa shape index (κ2) is 8.11. The molecule has 1 aliphatic heterocycles. The van der Waals surface area contributed by atoms with Crippen molar-refractivity contribution >= 4 is 48.8 Å². The van der Waals surface area contributed by atoms with E-state index in [4.69, 9.17) is 11.6 Å². The first-order valence-corrected chi connectivity index (χ1v) is 12.7. The lowest BCUT2D eigenvalue weighted by atomic mass is 10.1. The summed E-state index contributed by atoms with van der Waals surface area (Å²) in [4.78, 5) is 11.7. The number of hydrogen-bond donors (Lipinski definition) is 0. The highest BCUT2D eigenvalue weighted by Crippen LogP contribution is 2.35. The molecule has 1 aromatic carbocycles.